The van der Waals surface area contributed by atoms with Gasteiger partial charge in [-0.3, -0.25) is 4.79 Å². The number of primary amides is 1. The van der Waals surface area contributed by atoms with E-state index in [1.165, 1.54) is 11.3 Å². The summed E-state index contributed by atoms with van der Waals surface area (Å²) in [6.07, 6.45) is 3.11. The van der Waals surface area contributed by atoms with Crippen LogP contribution in [0.2, 0.25) is 0 Å². The number of nitrogens with two attached hydrogens (primary N) is 2. The highest BCUT2D eigenvalue weighted by Crippen LogP contribution is 2.45. The van der Waals surface area contributed by atoms with Crippen LogP contribution in [-0.2, 0) is 0 Å². The van der Waals surface area contributed by atoms with Gasteiger partial charge in [0, 0.05) is 23.6 Å². The first kappa shape index (κ1) is 15.9. The molecule has 2 heterocycles. The lowest BCUT2D eigenvalue weighted by Gasteiger charge is -2.23. The minimum absolute atomic E-state index is 0.309. The van der Waals surface area contributed by atoms with Crippen molar-refractivity contribution in [2.75, 3.05) is 35.7 Å². The average molecular weight is 332 g/mol. The smallest absolute Gasteiger partial charge is 0.261 e. The van der Waals surface area contributed by atoms with Crippen LogP contribution in [0, 0.1) is 0 Å². The van der Waals surface area contributed by atoms with Gasteiger partial charge in [-0.1, -0.05) is 13.8 Å². The number of thioether (sulfide) groups is 2. The van der Waals surface area contributed by atoms with Gasteiger partial charge in [0.05, 0.1) is 10.6 Å². The molecule has 0 aliphatic carbocycles. The van der Waals surface area contributed by atoms with Crippen molar-refractivity contribution in [1.29, 1.82) is 0 Å². The molecule has 1 aliphatic rings. The maximum Gasteiger partial charge on any atom is 0.261 e. The Labute approximate surface area is 132 Å². The summed E-state index contributed by atoms with van der Waals surface area (Å²) in [5.41, 5.74) is 12.0. The fourth-order valence-corrected chi connectivity index (χ4v) is 5.41. The number of thiophene rings is 1. The van der Waals surface area contributed by atoms with Crippen molar-refractivity contribution in [3.8, 4) is 0 Å². The summed E-state index contributed by atoms with van der Waals surface area (Å²) in [5.74, 6) is 0.656. The topological polar surface area (TPSA) is 72.3 Å². The van der Waals surface area contributed by atoms with Crippen LogP contribution in [0.25, 0.3) is 0 Å². The molecule has 0 aromatic carbocycles. The number of nitrogen functional groups attached to an aromatic ring is 1. The molecule has 1 fully saturated rings. The van der Waals surface area contributed by atoms with Gasteiger partial charge in [0.15, 0.2) is 0 Å². The Morgan fingerprint density at radius 1 is 1.40 bits per heavy atom. The molecule has 0 bridgehead atoms. The standard InChI is InChI=1S/C13H21N3OS3/c1-13(2)4-5-16(6-7-19-13)12-10(18-3)8(14)9(20-12)11(15)17/h4-7,14H2,1-3H3,(H2,15,17). The Balaban J connectivity index is 2.32. The maximum atomic E-state index is 11.5. The van der Waals surface area contributed by atoms with Crippen molar-refractivity contribution < 1.29 is 4.79 Å². The van der Waals surface area contributed by atoms with Crippen LogP contribution in [0.4, 0.5) is 10.7 Å². The third kappa shape index (κ3) is 3.20. The Hall–Kier alpha value is -0.530. The van der Waals surface area contributed by atoms with Crippen LogP contribution < -0.4 is 16.4 Å². The molecular weight excluding hydrogens is 310 g/mol. The molecule has 4 nitrogen and oxygen atoms in total. The van der Waals surface area contributed by atoms with E-state index in [-0.39, 0.29) is 0 Å². The van der Waals surface area contributed by atoms with Crippen molar-refractivity contribution in [3.05, 3.63) is 4.88 Å². The molecule has 20 heavy (non-hydrogen) atoms. The van der Waals surface area contributed by atoms with E-state index in [4.69, 9.17) is 11.5 Å². The normalized spacial score (nSPS) is 18.9. The molecule has 1 aliphatic heterocycles. The Morgan fingerprint density at radius 2 is 2.10 bits per heavy atom. The second kappa shape index (κ2) is 6.07. The molecule has 0 radical (unpaired) electrons. The number of nitrogens with zero attached hydrogens (tertiary/aromatic N) is 1. The molecule has 0 spiro atoms. The first-order valence-corrected chi connectivity index (χ1v) is 9.53. The lowest BCUT2D eigenvalue weighted by atomic mass is 10.1. The summed E-state index contributed by atoms with van der Waals surface area (Å²) in [7, 11) is 0. The summed E-state index contributed by atoms with van der Waals surface area (Å²) < 4.78 is 0.309. The van der Waals surface area contributed by atoms with Crippen LogP contribution in [-0.4, -0.2) is 35.8 Å². The van der Waals surface area contributed by atoms with Gasteiger partial charge in [-0.25, -0.2) is 0 Å². The Kier molecular flexibility index (Phi) is 4.81. The molecule has 0 unspecified atom stereocenters. The third-order valence-electron chi connectivity index (χ3n) is 3.44. The molecule has 0 saturated carbocycles. The second-order valence-corrected chi connectivity index (χ2v) is 9.01. The van der Waals surface area contributed by atoms with E-state index in [1.54, 1.807) is 11.8 Å². The predicted molar refractivity (Wildman–Crippen MR) is 92.4 cm³/mol. The van der Waals surface area contributed by atoms with Crippen LogP contribution in [0.1, 0.15) is 29.9 Å². The molecule has 1 amide bonds. The number of hydrogen-bond acceptors (Lipinski definition) is 6. The fourth-order valence-electron chi connectivity index (χ4n) is 2.23. The first-order valence-electron chi connectivity index (χ1n) is 6.50. The summed E-state index contributed by atoms with van der Waals surface area (Å²) in [5, 5.41) is 1.10. The lowest BCUT2D eigenvalue weighted by Crippen LogP contribution is -2.26. The van der Waals surface area contributed by atoms with Crippen LogP contribution in [0.5, 0.6) is 0 Å². The highest BCUT2D eigenvalue weighted by Gasteiger charge is 2.28. The number of anilines is 2. The zero-order chi connectivity index (χ0) is 14.9. The maximum absolute atomic E-state index is 11.5. The van der Waals surface area contributed by atoms with Crippen molar-refractivity contribution in [2.45, 2.75) is 29.9 Å². The largest absolute Gasteiger partial charge is 0.396 e. The van der Waals surface area contributed by atoms with E-state index in [0.717, 1.165) is 35.2 Å². The van der Waals surface area contributed by atoms with Gasteiger partial charge in [0.25, 0.3) is 5.91 Å². The lowest BCUT2D eigenvalue weighted by molar-refractivity contribution is 0.100. The SMILES string of the molecule is CSc1c(N2CCSC(C)(C)CC2)sc(C(N)=O)c1N. The number of carbonyl (C=O) groups is 1. The molecule has 0 atom stereocenters. The molecular formula is C13H21N3OS3. The summed E-state index contributed by atoms with van der Waals surface area (Å²) in [6.45, 7) is 6.55. The number of carbonyl (C=O) groups excluding carboxylic acids is 1. The summed E-state index contributed by atoms with van der Waals surface area (Å²) in [4.78, 5) is 15.3. The number of amides is 1. The van der Waals surface area contributed by atoms with Gasteiger partial charge in [-0.15, -0.1) is 23.1 Å². The van der Waals surface area contributed by atoms with E-state index in [2.05, 4.69) is 18.7 Å². The van der Waals surface area contributed by atoms with Crippen molar-refractivity contribution >= 4 is 51.5 Å². The summed E-state index contributed by atoms with van der Waals surface area (Å²) in [6, 6.07) is 0. The monoisotopic (exact) mass is 331 g/mol. The number of rotatable bonds is 3. The average Bonchev–Trinajstić information content (AvgIpc) is 2.59. The quantitative estimate of drug-likeness (QED) is 0.833. The van der Waals surface area contributed by atoms with E-state index in [1.807, 2.05) is 18.0 Å². The predicted octanol–water partition coefficient (Wildman–Crippen LogP) is 2.87. The van der Waals surface area contributed by atoms with E-state index in [9.17, 15) is 4.79 Å². The van der Waals surface area contributed by atoms with E-state index in [0.29, 0.717) is 15.3 Å². The van der Waals surface area contributed by atoms with Crippen molar-refractivity contribution in [2.24, 2.45) is 5.73 Å². The molecule has 4 N–H and O–H groups in total. The van der Waals surface area contributed by atoms with E-state index < -0.39 is 5.91 Å². The highest BCUT2D eigenvalue weighted by atomic mass is 32.2. The van der Waals surface area contributed by atoms with Gasteiger partial charge in [-0.2, -0.15) is 11.8 Å². The zero-order valence-electron chi connectivity index (χ0n) is 12.1. The molecule has 1 aromatic heterocycles. The second-order valence-electron chi connectivity index (χ2n) is 5.39. The first-order chi connectivity index (χ1) is 9.35. The Morgan fingerprint density at radius 3 is 2.70 bits per heavy atom. The van der Waals surface area contributed by atoms with Crippen LogP contribution >= 0.6 is 34.9 Å². The molecule has 2 rings (SSSR count). The molecule has 112 valence electrons. The van der Waals surface area contributed by atoms with Crippen molar-refractivity contribution in [1.82, 2.24) is 0 Å². The molecule has 7 heteroatoms. The minimum atomic E-state index is -0.432. The van der Waals surface area contributed by atoms with Crippen molar-refractivity contribution in [3.63, 3.8) is 0 Å². The molecule has 1 aromatic rings. The summed E-state index contributed by atoms with van der Waals surface area (Å²) >= 11 is 5.02. The zero-order valence-corrected chi connectivity index (χ0v) is 14.5. The van der Waals surface area contributed by atoms with Gasteiger partial charge in [-0.05, 0) is 12.7 Å². The fraction of sp³-hybridized carbons (Fsp3) is 0.615. The van der Waals surface area contributed by atoms with Gasteiger partial charge >= 0.3 is 0 Å². The minimum Gasteiger partial charge on any atom is -0.396 e. The van der Waals surface area contributed by atoms with Crippen LogP contribution in [0.3, 0.4) is 0 Å². The third-order valence-corrected chi connectivity index (χ3v) is 7.04. The Bertz CT molecular complexity index is 513. The van der Waals surface area contributed by atoms with Crippen LogP contribution in [0.15, 0.2) is 4.90 Å². The van der Waals surface area contributed by atoms with E-state index >= 15 is 0 Å². The van der Waals surface area contributed by atoms with Gasteiger partial charge in [0.2, 0.25) is 0 Å². The molecule has 1 saturated heterocycles. The highest BCUT2D eigenvalue weighted by molar-refractivity contribution is 8.00. The number of hydrogen-bond donors (Lipinski definition) is 2. The van der Waals surface area contributed by atoms with Gasteiger partial charge in [0.1, 0.15) is 9.88 Å². The van der Waals surface area contributed by atoms with Gasteiger partial charge < -0.3 is 16.4 Å².